The monoisotopic (exact) mass is 499 g/mol. The Morgan fingerprint density at radius 2 is 1.94 bits per heavy atom. The molecular formula is C22H28F3N5O5. The third-order valence-electron chi connectivity index (χ3n) is 5.44. The maximum absolute atomic E-state index is 13.2. The van der Waals surface area contributed by atoms with E-state index >= 15 is 0 Å². The number of hydrogen-bond acceptors (Lipinski definition) is 8. The molecule has 1 aromatic carbocycles. The number of anilines is 2. The molecule has 1 aromatic heterocycles. The Balaban J connectivity index is 1.55. The maximum atomic E-state index is 13.2. The topological polar surface area (TPSA) is 138 Å². The van der Waals surface area contributed by atoms with E-state index in [4.69, 9.17) is 14.6 Å². The van der Waals surface area contributed by atoms with Crippen molar-refractivity contribution in [3.8, 4) is 11.6 Å². The van der Waals surface area contributed by atoms with E-state index in [1.54, 1.807) is 12.3 Å². The highest BCUT2D eigenvalue weighted by atomic mass is 19.4. The van der Waals surface area contributed by atoms with E-state index in [1.807, 2.05) is 0 Å². The van der Waals surface area contributed by atoms with Crippen LogP contribution in [0.25, 0.3) is 0 Å². The van der Waals surface area contributed by atoms with Crippen molar-refractivity contribution >= 4 is 17.7 Å². The van der Waals surface area contributed by atoms with Crippen molar-refractivity contribution in [2.75, 3.05) is 30.9 Å². The van der Waals surface area contributed by atoms with Crippen LogP contribution in [0.15, 0.2) is 24.4 Å². The minimum Gasteiger partial charge on any atom is -0.494 e. The van der Waals surface area contributed by atoms with Crippen LogP contribution in [-0.2, 0) is 12.8 Å². The molecule has 192 valence electrons. The number of halogens is 3. The number of amides is 2. The molecule has 0 radical (unpaired) electrons. The summed E-state index contributed by atoms with van der Waals surface area (Å²) in [4.78, 5) is 20.8. The lowest BCUT2D eigenvalue weighted by molar-refractivity contribution is -0.137. The first-order valence-electron chi connectivity index (χ1n) is 11.0. The normalized spacial score (nSPS) is 18.0. The van der Waals surface area contributed by atoms with E-state index in [-0.39, 0.29) is 35.8 Å². The third kappa shape index (κ3) is 7.33. The molecule has 0 unspecified atom stereocenters. The van der Waals surface area contributed by atoms with Gasteiger partial charge in [-0.1, -0.05) is 0 Å². The first-order chi connectivity index (χ1) is 16.7. The highest BCUT2D eigenvalue weighted by molar-refractivity contribution is 5.91. The molecule has 0 saturated heterocycles. The van der Waals surface area contributed by atoms with Crippen molar-refractivity contribution in [3.05, 3.63) is 35.5 Å². The maximum Gasteiger partial charge on any atom is 0.416 e. The van der Waals surface area contributed by atoms with Gasteiger partial charge in [-0.2, -0.15) is 18.2 Å². The molecule has 0 spiro atoms. The zero-order valence-electron chi connectivity index (χ0n) is 19.1. The van der Waals surface area contributed by atoms with E-state index in [1.165, 1.54) is 7.11 Å². The third-order valence-corrected chi connectivity index (χ3v) is 5.44. The lowest BCUT2D eigenvalue weighted by atomic mass is 9.93. The standard InChI is InChI=1S/C22H28F3N5O5/c1-34-19-13(12-32)10-14(22(23,24)25)11-17(19)29-21(33)28-15-2-4-16(5-3-15)35-18-6-7-26-20(30-18)27-8-9-31/h6-7,10-11,15-16,31-32H,2-5,8-9,12H2,1H3,(H,26,27,30)(H2,28,29,33)/t15-,16-. The van der Waals surface area contributed by atoms with E-state index in [0.29, 0.717) is 44.1 Å². The molecule has 5 N–H and O–H groups in total. The lowest BCUT2D eigenvalue weighted by Crippen LogP contribution is -2.41. The minimum absolute atomic E-state index is 0.0366. The van der Waals surface area contributed by atoms with Gasteiger partial charge in [0.2, 0.25) is 11.8 Å². The van der Waals surface area contributed by atoms with Crippen molar-refractivity contribution in [1.82, 2.24) is 15.3 Å². The average Bonchev–Trinajstić information content (AvgIpc) is 2.83. The van der Waals surface area contributed by atoms with Crippen LogP contribution in [0.2, 0.25) is 0 Å². The summed E-state index contributed by atoms with van der Waals surface area (Å²) in [5.74, 6) is 0.703. The van der Waals surface area contributed by atoms with Crippen LogP contribution in [0.5, 0.6) is 11.6 Å². The molecular weight excluding hydrogens is 471 g/mol. The summed E-state index contributed by atoms with van der Waals surface area (Å²) in [6, 6.07) is 2.31. The second-order valence-electron chi connectivity index (χ2n) is 7.93. The summed E-state index contributed by atoms with van der Waals surface area (Å²) in [6.45, 7) is -0.420. The largest absolute Gasteiger partial charge is 0.494 e. The number of aliphatic hydroxyl groups is 2. The Hall–Kier alpha value is -3.32. The van der Waals surface area contributed by atoms with E-state index in [0.717, 1.165) is 12.1 Å². The van der Waals surface area contributed by atoms with Gasteiger partial charge < -0.3 is 35.6 Å². The number of hydrogen-bond donors (Lipinski definition) is 5. The fourth-order valence-corrected chi connectivity index (χ4v) is 3.80. The Morgan fingerprint density at radius 3 is 2.57 bits per heavy atom. The molecule has 2 aromatic rings. The molecule has 0 aliphatic heterocycles. The molecule has 0 bridgehead atoms. The van der Waals surface area contributed by atoms with E-state index in [2.05, 4.69) is 25.9 Å². The van der Waals surface area contributed by atoms with Crippen molar-refractivity contribution < 1.29 is 37.7 Å². The molecule has 1 aliphatic rings. The minimum atomic E-state index is -4.65. The van der Waals surface area contributed by atoms with Crippen LogP contribution < -0.4 is 25.4 Å². The van der Waals surface area contributed by atoms with Gasteiger partial charge in [0.1, 0.15) is 11.9 Å². The number of rotatable bonds is 9. The van der Waals surface area contributed by atoms with Crippen LogP contribution >= 0.6 is 0 Å². The number of methoxy groups -OCH3 is 1. The van der Waals surface area contributed by atoms with Crippen molar-refractivity contribution in [2.24, 2.45) is 0 Å². The number of aromatic nitrogens is 2. The summed E-state index contributed by atoms with van der Waals surface area (Å²) in [5, 5.41) is 26.3. The number of carbonyl (C=O) groups is 1. The highest BCUT2D eigenvalue weighted by Crippen LogP contribution is 2.38. The molecule has 35 heavy (non-hydrogen) atoms. The van der Waals surface area contributed by atoms with Crippen LogP contribution in [0.1, 0.15) is 36.8 Å². The van der Waals surface area contributed by atoms with E-state index in [9.17, 15) is 23.1 Å². The van der Waals surface area contributed by atoms with Crippen molar-refractivity contribution in [3.63, 3.8) is 0 Å². The number of ether oxygens (including phenoxy) is 2. The first-order valence-corrected chi connectivity index (χ1v) is 11.0. The number of nitrogens with zero attached hydrogens (tertiary/aromatic N) is 2. The predicted octanol–water partition coefficient (Wildman–Crippen LogP) is 2.91. The van der Waals surface area contributed by atoms with Gasteiger partial charge in [-0.25, -0.2) is 9.78 Å². The smallest absolute Gasteiger partial charge is 0.416 e. The van der Waals surface area contributed by atoms with Gasteiger partial charge in [0.15, 0.2) is 0 Å². The van der Waals surface area contributed by atoms with Gasteiger partial charge >= 0.3 is 12.2 Å². The fraction of sp³-hybridized carbons (Fsp3) is 0.500. The number of alkyl halides is 3. The summed E-state index contributed by atoms with van der Waals surface area (Å²) < 4.78 is 50.7. The van der Waals surface area contributed by atoms with Crippen LogP contribution in [0.4, 0.5) is 29.6 Å². The average molecular weight is 499 g/mol. The van der Waals surface area contributed by atoms with E-state index < -0.39 is 24.4 Å². The van der Waals surface area contributed by atoms with Gasteiger partial charge in [0, 0.05) is 30.4 Å². The number of nitrogens with one attached hydrogen (secondary N) is 3. The molecule has 2 amide bonds. The summed E-state index contributed by atoms with van der Waals surface area (Å²) in [6.07, 6.45) is -0.760. The molecule has 0 atom stereocenters. The first kappa shape index (κ1) is 26.3. The Morgan fingerprint density at radius 1 is 1.20 bits per heavy atom. The Labute approximate surface area is 199 Å². The zero-order chi connectivity index (χ0) is 25.4. The van der Waals surface area contributed by atoms with Gasteiger partial charge in [0.05, 0.1) is 31.6 Å². The van der Waals surface area contributed by atoms with Crippen LogP contribution in [0, 0.1) is 0 Å². The van der Waals surface area contributed by atoms with Gasteiger partial charge in [-0.3, -0.25) is 0 Å². The number of urea groups is 1. The molecule has 1 heterocycles. The van der Waals surface area contributed by atoms with Crippen LogP contribution in [0.3, 0.4) is 0 Å². The lowest BCUT2D eigenvalue weighted by Gasteiger charge is -2.29. The quantitative estimate of drug-likeness (QED) is 0.355. The molecule has 1 saturated carbocycles. The van der Waals surface area contributed by atoms with Crippen molar-refractivity contribution in [1.29, 1.82) is 0 Å². The summed E-state index contributed by atoms with van der Waals surface area (Å²) in [5.41, 5.74) is -1.28. The zero-order valence-corrected chi connectivity index (χ0v) is 19.1. The molecule has 13 heteroatoms. The number of carbonyl (C=O) groups excluding carboxylic acids is 1. The van der Waals surface area contributed by atoms with Gasteiger partial charge in [-0.05, 0) is 37.8 Å². The second kappa shape index (κ2) is 11.9. The molecule has 1 aliphatic carbocycles. The predicted molar refractivity (Wildman–Crippen MR) is 120 cm³/mol. The highest BCUT2D eigenvalue weighted by Gasteiger charge is 2.33. The second-order valence-corrected chi connectivity index (χ2v) is 7.93. The molecule has 1 fully saturated rings. The fourth-order valence-electron chi connectivity index (χ4n) is 3.80. The molecule has 10 nitrogen and oxygen atoms in total. The Bertz CT molecular complexity index is 1000. The Kier molecular flexibility index (Phi) is 8.93. The SMILES string of the molecule is COc1c(CO)cc(C(F)(F)F)cc1NC(=O)N[C@H]1CC[C@H](Oc2ccnc(NCCO)n2)CC1. The van der Waals surface area contributed by atoms with Crippen molar-refractivity contribution in [2.45, 2.75) is 50.6 Å². The summed E-state index contributed by atoms with van der Waals surface area (Å²) >= 11 is 0. The molecule has 3 rings (SSSR count). The van der Waals surface area contributed by atoms with Gasteiger partial charge in [-0.15, -0.1) is 0 Å². The van der Waals surface area contributed by atoms with Crippen LogP contribution in [-0.4, -0.2) is 58.6 Å². The number of benzene rings is 1. The van der Waals surface area contributed by atoms with Gasteiger partial charge in [0.25, 0.3) is 0 Å². The summed E-state index contributed by atoms with van der Waals surface area (Å²) in [7, 11) is 1.25. The number of aliphatic hydroxyl groups excluding tert-OH is 2.